The molecule has 136 valence electrons. The van der Waals surface area contributed by atoms with Crippen LogP contribution in [0.15, 0.2) is 40.8 Å². The van der Waals surface area contributed by atoms with E-state index in [9.17, 15) is 9.90 Å². The quantitative estimate of drug-likeness (QED) is 0.545. The summed E-state index contributed by atoms with van der Waals surface area (Å²) in [5, 5.41) is 12.7. The minimum atomic E-state index is -2.09. The van der Waals surface area contributed by atoms with Crippen LogP contribution in [0.2, 0.25) is 0 Å². The molecule has 2 N–H and O–H groups in total. The Labute approximate surface area is 164 Å². The predicted molar refractivity (Wildman–Crippen MR) is 104 cm³/mol. The molecule has 0 saturated carbocycles. The number of rotatable bonds is 3. The lowest BCUT2D eigenvalue weighted by Crippen LogP contribution is -2.26. The number of amides is 1. The number of hydrogen-bond acceptors (Lipinski definition) is 4. The number of phenolic OH excluding ortho intramolecular Hbond substituents is 1. The van der Waals surface area contributed by atoms with Gasteiger partial charge in [0.1, 0.15) is 11.3 Å². The fraction of sp³-hybridized carbons (Fsp3) is 0.222. The van der Waals surface area contributed by atoms with Gasteiger partial charge < -0.3 is 14.8 Å². The molecule has 1 amide bonds. The first-order valence-corrected chi connectivity index (χ1v) is 8.90. The Kier molecular flexibility index (Phi) is 5.06. The van der Waals surface area contributed by atoms with Crippen molar-refractivity contribution in [3.63, 3.8) is 0 Å². The molecule has 0 aliphatic heterocycles. The van der Waals surface area contributed by atoms with Crippen molar-refractivity contribution in [1.82, 2.24) is 4.98 Å². The van der Waals surface area contributed by atoms with Gasteiger partial charge in [-0.3, -0.25) is 4.79 Å². The van der Waals surface area contributed by atoms with Crippen LogP contribution in [-0.4, -0.2) is 19.8 Å². The molecule has 8 heteroatoms. The Morgan fingerprint density at radius 1 is 1.19 bits per heavy atom. The van der Waals surface area contributed by atoms with Gasteiger partial charge in [-0.15, -0.1) is 0 Å². The summed E-state index contributed by atoms with van der Waals surface area (Å²) < 4.78 is 3.63. The zero-order chi connectivity index (χ0) is 19.1. The van der Waals surface area contributed by atoms with Crippen LogP contribution in [0.5, 0.6) is 5.75 Å². The minimum Gasteiger partial charge on any atom is -0.507 e. The molecule has 0 unspecified atom stereocenters. The summed E-state index contributed by atoms with van der Waals surface area (Å²) in [4.78, 5) is 16.1. The molecule has 3 rings (SSSR count). The smallest absolute Gasteiger partial charge is 0.276 e. The molecule has 5 nitrogen and oxygen atoms in total. The summed E-state index contributed by atoms with van der Waals surface area (Å²) in [5.74, 6) is -0.299. The Morgan fingerprint density at radius 2 is 1.92 bits per heavy atom. The van der Waals surface area contributed by atoms with E-state index in [0.717, 1.165) is 5.56 Å². The number of aromatic hydroxyl groups is 1. The number of hydrogen-bond donors (Lipinski definition) is 2. The van der Waals surface area contributed by atoms with Gasteiger partial charge in [-0.05, 0) is 35.7 Å². The molecule has 0 fully saturated rings. The molecule has 0 saturated heterocycles. The van der Waals surface area contributed by atoms with Gasteiger partial charge in [0.2, 0.25) is 5.89 Å². The van der Waals surface area contributed by atoms with Gasteiger partial charge in [0.05, 0.1) is 5.56 Å². The monoisotopic (exact) mass is 412 g/mol. The van der Waals surface area contributed by atoms with Crippen molar-refractivity contribution in [2.75, 3.05) is 5.32 Å². The van der Waals surface area contributed by atoms with Gasteiger partial charge in [-0.1, -0.05) is 54.7 Å². The number of oxazole rings is 1. The van der Waals surface area contributed by atoms with Crippen molar-refractivity contribution >= 4 is 57.5 Å². The highest BCUT2D eigenvalue weighted by atomic mass is 35.6. The number of fused-ring (bicyclic) bond motifs is 1. The summed E-state index contributed by atoms with van der Waals surface area (Å²) in [6, 6.07) is 10.2. The Balaban J connectivity index is 1.92. The number of carbonyl (C=O) groups is 1. The lowest BCUT2D eigenvalue weighted by atomic mass is 10.0. The van der Waals surface area contributed by atoms with E-state index >= 15 is 0 Å². The number of alkyl halides is 3. The number of nitrogens with zero attached hydrogens (tertiary/aromatic N) is 1. The van der Waals surface area contributed by atoms with Crippen molar-refractivity contribution in [1.29, 1.82) is 0 Å². The van der Waals surface area contributed by atoms with E-state index in [-0.39, 0.29) is 17.3 Å². The third-order valence-corrected chi connectivity index (χ3v) is 4.34. The van der Waals surface area contributed by atoms with E-state index < -0.39 is 9.70 Å². The van der Waals surface area contributed by atoms with E-state index in [1.54, 1.807) is 12.1 Å². The Hall–Kier alpha value is -1.95. The molecule has 3 aromatic rings. The van der Waals surface area contributed by atoms with Gasteiger partial charge >= 0.3 is 0 Å². The van der Waals surface area contributed by atoms with Crippen LogP contribution < -0.4 is 5.32 Å². The second kappa shape index (κ2) is 6.99. The SMILES string of the molecule is CC(C)c1ccc2oc(-c3ccc(NC(=O)C(Cl)(Cl)Cl)cc3O)nc2c1. The van der Waals surface area contributed by atoms with Crippen molar-refractivity contribution in [2.45, 2.75) is 23.6 Å². The maximum atomic E-state index is 11.7. The number of nitrogens with one attached hydrogen (secondary N) is 1. The number of phenols is 1. The van der Waals surface area contributed by atoms with Crippen molar-refractivity contribution in [3.8, 4) is 17.2 Å². The van der Waals surface area contributed by atoms with Crippen LogP contribution in [0, 0.1) is 0 Å². The molecule has 0 aliphatic rings. The molecule has 1 aromatic heterocycles. The first kappa shape index (κ1) is 18.8. The van der Waals surface area contributed by atoms with E-state index in [0.29, 0.717) is 22.6 Å². The van der Waals surface area contributed by atoms with Crippen LogP contribution in [0.25, 0.3) is 22.6 Å². The summed E-state index contributed by atoms with van der Waals surface area (Å²) in [6.07, 6.45) is 0. The van der Waals surface area contributed by atoms with Gasteiger partial charge in [0.15, 0.2) is 5.58 Å². The number of anilines is 1. The van der Waals surface area contributed by atoms with Gasteiger partial charge in [0, 0.05) is 11.8 Å². The summed E-state index contributed by atoms with van der Waals surface area (Å²) >= 11 is 16.5. The van der Waals surface area contributed by atoms with Crippen LogP contribution >= 0.6 is 34.8 Å². The highest BCUT2D eigenvalue weighted by molar-refractivity contribution is 6.76. The maximum absolute atomic E-state index is 11.7. The van der Waals surface area contributed by atoms with Gasteiger partial charge in [-0.25, -0.2) is 4.98 Å². The molecule has 0 spiro atoms. The number of carbonyl (C=O) groups excluding carboxylic acids is 1. The molecule has 1 heterocycles. The standard InChI is InChI=1S/C18H15Cl3N2O3/c1-9(2)10-3-6-15-13(7-10)23-16(26-15)12-5-4-11(8-14(12)24)22-17(25)18(19,20)21/h3-9,24H,1-2H3,(H,22,25). The average molecular weight is 414 g/mol. The zero-order valence-corrected chi connectivity index (χ0v) is 16.2. The first-order chi connectivity index (χ1) is 12.1. The maximum Gasteiger partial charge on any atom is 0.276 e. The molecule has 26 heavy (non-hydrogen) atoms. The third-order valence-electron chi connectivity index (χ3n) is 3.82. The summed E-state index contributed by atoms with van der Waals surface area (Å²) in [6.45, 7) is 4.19. The Morgan fingerprint density at radius 3 is 2.54 bits per heavy atom. The topological polar surface area (TPSA) is 75.4 Å². The van der Waals surface area contributed by atoms with E-state index in [1.807, 2.05) is 18.2 Å². The van der Waals surface area contributed by atoms with Crippen LogP contribution in [0.4, 0.5) is 5.69 Å². The van der Waals surface area contributed by atoms with Crippen LogP contribution in [-0.2, 0) is 4.79 Å². The van der Waals surface area contributed by atoms with E-state index in [1.165, 1.54) is 6.07 Å². The third kappa shape index (κ3) is 3.90. The molecular formula is C18H15Cl3N2O3. The fourth-order valence-corrected chi connectivity index (χ4v) is 2.55. The second-order valence-corrected chi connectivity index (χ2v) is 8.37. The normalized spacial score (nSPS) is 11.9. The van der Waals surface area contributed by atoms with Crippen molar-refractivity contribution in [2.24, 2.45) is 0 Å². The van der Waals surface area contributed by atoms with Crippen molar-refractivity contribution < 1.29 is 14.3 Å². The molecule has 2 aromatic carbocycles. The fourth-order valence-electron chi connectivity index (χ4n) is 2.41. The average Bonchev–Trinajstić information content (AvgIpc) is 2.96. The number of benzene rings is 2. The molecule has 0 bridgehead atoms. The van der Waals surface area contributed by atoms with Gasteiger partial charge in [0.25, 0.3) is 9.70 Å². The summed E-state index contributed by atoms with van der Waals surface area (Å²) in [7, 11) is 0. The largest absolute Gasteiger partial charge is 0.507 e. The van der Waals surface area contributed by atoms with Gasteiger partial charge in [-0.2, -0.15) is 0 Å². The van der Waals surface area contributed by atoms with Crippen molar-refractivity contribution in [3.05, 3.63) is 42.0 Å². The van der Waals surface area contributed by atoms with Crippen LogP contribution in [0.3, 0.4) is 0 Å². The molecule has 0 aliphatic carbocycles. The lowest BCUT2D eigenvalue weighted by molar-refractivity contribution is -0.115. The number of aromatic nitrogens is 1. The lowest BCUT2D eigenvalue weighted by Gasteiger charge is -2.12. The second-order valence-electron chi connectivity index (χ2n) is 6.08. The molecular weight excluding hydrogens is 399 g/mol. The van der Waals surface area contributed by atoms with E-state index in [4.69, 9.17) is 39.2 Å². The zero-order valence-electron chi connectivity index (χ0n) is 13.9. The van der Waals surface area contributed by atoms with Crippen LogP contribution in [0.1, 0.15) is 25.3 Å². The predicted octanol–water partition coefficient (Wildman–Crippen LogP) is 5.63. The molecule has 0 radical (unpaired) electrons. The van der Waals surface area contributed by atoms with E-state index in [2.05, 4.69) is 24.1 Å². The highest BCUT2D eigenvalue weighted by Gasteiger charge is 2.30. The first-order valence-electron chi connectivity index (χ1n) is 7.77. The number of halogens is 3. The molecule has 0 atom stereocenters. The minimum absolute atomic E-state index is 0.122. The summed E-state index contributed by atoms with van der Waals surface area (Å²) in [5.41, 5.74) is 3.14. The highest BCUT2D eigenvalue weighted by Crippen LogP contribution is 2.34. The Bertz CT molecular complexity index is 977.